The normalized spacial score (nSPS) is 15.3. The summed E-state index contributed by atoms with van der Waals surface area (Å²) in [5.41, 5.74) is 2.19. The summed E-state index contributed by atoms with van der Waals surface area (Å²) in [5.74, 6) is -0.153. The van der Waals surface area contributed by atoms with E-state index < -0.39 is 0 Å². The minimum atomic E-state index is -0.334. The molecular formula is C17H24N4O2. The zero-order valence-corrected chi connectivity index (χ0v) is 13.7. The molecule has 0 aromatic carbocycles. The summed E-state index contributed by atoms with van der Waals surface area (Å²) in [7, 11) is 0. The molecule has 0 radical (unpaired) electrons. The number of hydrogen-bond acceptors (Lipinski definition) is 4. The molecule has 2 N–H and O–H groups in total. The average Bonchev–Trinajstić information content (AvgIpc) is 3.21. The first-order chi connectivity index (χ1) is 11.0. The molecule has 1 aliphatic rings. The third-order valence-electron chi connectivity index (χ3n) is 4.38. The van der Waals surface area contributed by atoms with Gasteiger partial charge in [-0.3, -0.25) is 4.79 Å². The van der Waals surface area contributed by atoms with Crippen molar-refractivity contribution in [3.05, 3.63) is 30.1 Å². The largest absolute Gasteiger partial charge is 0.396 e. The van der Waals surface area contributed by atoms with E-state index in [4.69, 9.17) is 0 Å². The van der Waals surface area contributed by atoms with Crippen LogP contribution in [0.25, 0.3) is 5.52 Å². The molecule has 1 saturated heterocycles. The van der Waals surface area contributed by atoms with Crippen molar-refractivity contribution in [3.8, 4) is 0 Å². The third-order valence-corrected chi connectivity index (χ3v) is 4.38. The number of pyridine rings is 1. The van der Waals surface area contributed by atoms with E-state index in [1.54, 1.807) is 10.7 Å². The van der Waals surface area contributed by atoms with Crippen molar-refractivity contribution in [2.75, 3.05) is 31.1 Å². The molecule has 124 valence electrons. The number of anilines is 1. The number of nitrogens with one attached hydrogen (secondary N) is 1. The highest BCUT2D eigenvalue weighted by atomic mass is 16.3. The number of fused-ring (bicyclic) bond motifs is 1. The Morgan fingerprint density at radius 1 is 1.39 bits per heavy atom. The van der Waals surface area contributed by atoms with E-state index in [9.17, 15) is 9.90 Å². The van der Waals surface area contributed by atoms with Crippen LogP contribution in [0, 0.1) is 5.41 Å². The number of aliphatic hydroxyl groups excluding tert-OH is 1. The van der Waals surface area contributed by atoms with Crippen LogP contribution < -0.4 is 10.2 Å². The van der Waals surface area contributed by atoms with Gasteiger partial charge in [0.1, 0.15) is 0 Å². The fourth-order valence-electron chi connectivity index (χ4n) is 2.79. The Bertz CT molecular complexity index is 702. The van der Waals surface area contributed by atoms with Gasteiger partial charge < -0.3 is 15.3 Å². The van der Waals surface area contributed by atoms with Crippen molar-refractivity contribution in [1.82, 2.24) is 14.9 Å². The molecule has 3 rings (SSSR count). The molecule has 0 unspecified atom stereocenters. The SMILES string of the molecule is CC(C)(CO)CNC(=O)c1cnn2ccc(N3CCCC3)cc12. The molecule has 2 aromatic heterocycles. The lowest BCUT2D eigenvalue weighted by molar-refractivity contribution is 0.0912. The van der Waals surface area contributed by atoms with Crippen molar-refractivity contribution in [2.45, 2.75) is 26.7 Å². The van der Waals surface area contributed by atoms with Crippen molar-refractivity contribution in [2.24, 2.45) is 5.41 Å². The Labute approximate surface area is 136 Å². The number of hydrogen-bond donors (Lipinski definition) is 2. The van der Waals surface area contributed by atoms with Crippen LogP contribution in [0.1, 0.15) is 37.0 Å². The van der Waals surface area contributed by atoms with Crippen LogP contribution in [0.3, 0.4) is 0 Å². The number of nitrogens with zero attached hydrogens (tertiary/aromatic N) is 3. The van der Waals surface area contributed by atoms with Crippen LogP contribution in [-0.2, 0) is 0 Å². The van der Waals surface area contributed by atoms with Gasteiger partial charge in [0.15, 0.2) is 0 Å². The van der Waals surface area contributed by atoms with Gasteiger partial charge in [-0.2, -0.15) is 5.10 Å². The predicted molar refractivity (Wildman–Crippen MR) is 89.8 cm³/mol. The zero-order valence-electron chi connectivity index (χ0n) is 13.7. The quantitative estimate of drug-likeness (QED) is 0.880. The highest BCUT2D eigenvalue weighted by Crippen LogP contribution is 2.23. The highest BCUT2D eigenvalue weighted by Gasteiger charge is 2.20. The van der Waals surface area contributed by atoms with Crippen molar-refractivity contribution in [3.63, 3.8) is 0 Å². The van der Waals surface area contributed by atoms with Gasteiger partial charge in [0.25, 0.3) is 5.91 Å². The van der Waals surface area contributed by atoms with E-state index >= 15 is 0 Å². The summed E-state index contributed by atoms with van der Waals surface area (Å²) in [4.78, 5) is 14.8. The maximum absolute atomic E-state index is 12.5. The number of aliphatic hydroxyl groups is 1. The molecular weight excluding hydrogens is 292 g/mol. The van der Waals surface area contributed by atoms with Crippen LogP contribution >= 0.6 is 0 Å². The van der Waals surface area contributed by atoms with E-state index in [1.165, 1.54) is 12.8 Å². The number of rotatable bonds is 5. The summed E-state index contributed by atoms with van der Waals surface area (Å²) in [6, 6.07) is 4.08. The first-order valence-corrected chi connectivity index (χ1v) is 8.12. The summed E-state index contributed by atoms with van der Waals surface area (Å²) < 4.78 is 1.73. The van der Waals surface area contributed by atoms with Crippen LogP contribution in [0.5, 0.6) is 0 Å². The minimum Gasteiger partial charge on any atom is -0.396 e. The van der Waals surface area contributed by atoms with Gasteiger partial charge >= 0.3 is 0 Å². The Kier molecular flexibility index (Phi) is 4.26. The molecule has 0 spiro atoms. The first-order valence-electron chi connectivity index (χ1n) is 8.12. The molecule has 1 aliphatic heterocycles. The number of carbonyl (C=O) groups excluding carboxylic acids is 1. The maximum atomic E-state index is 12.5. The second kappa shape index (κ2) is 6.20. The number of aromatic nitrogens is 2. The van der Waals surface area contributed by atoms with Crippen LogP contribution in [0.2, 0.25) is 0 Å². The lowest BCUT2D eigenvalue weighted by Gasteiger charge is -2.21. The van der Waals surface area contributed by atoms with Gasteiger partial charge in [-0.25, -0.2) is 4.52 Å². The lowest BCUT2D eigenvalue weighted by Crippen LogP contribution is -2.36. The van der Waals surface area contributed by atoms with Crippen LogP contribution in [-0.4, -0.2) is 46.9 Å². The van der Waals surface area contributed by atoms with E-state index in [-0.39, 0.29) is 17.9 Å². The standard InChI is InChI=1S/C17H24N4O2/c1-17(2,12-22)11-18-16(23)14-10-19-21-8-5-13(9-15(14)21)20-6-3-4-7-20/h5,8-10,22H,3-4,6-7,11-12H2,1-2H3,(H,18,23). The first kappa shape index (κ1) is 15.8. The molecule has 0 aliphatic carbocycles. The molecule has 0 bridgehead atoms. The minimum absolute atomic E-state index is 0.0289. The average molecular weight is 316 g/mol. The fourth-order valence-corrected chi connectivity index (χ4v) is 2.79. The summed E-state index contributed by atoms with van der Waals surface area (Å²) >= 11 is 0. The molecule has 1 fully saturated rings. The van der Waals surface area contributed by atoms with Crippen LogP contribution in [0.15, 0.2) is 24.5 Å². The molecule has 6 nitrogen and oxygen atoms in total. The van der Waals surface area contributed by atoms with E-state index in [1.807, 2.05) is 32.2 Å². The van der Waals surface area contributed by atoms with Gasteiger partial charge in [0, 0.05) is 43.5 Å². The summed E-state index contributed by atoms with van der Waals surface area (Å²) in [6.45, 7) is 6.41. The highest BCUT2D eigenvalue weighted by molar-refractivity contribution is 6.01. The molecule has 2 aromatic rings. The van der Waals surface area contributed by atoms with Gasteiger partial charge in [-0.15, -0.1) is 0 Å². The second-order valence-electron chi connectivity index (χ2n) is 6.97. The summed E-state index contributed by atoms with van der Waals surface area (Å²) in [5, 5.41) is 16.4. The van der Waals surface area contributed by atoms with Gasteiger partial charge in [-0.1, -0.05) is 13.8 Å². The molecule has 0 atom stereocenters. The summed E-state index contributed by atoms with van der Waals surface area (Å²) in [6.07, 6.45) is 5.93. The van der Waals surface area contributed by atoms with Gasteiger partial charge in [0.2, 0.25) is 0 Å². The molecule has 23 heavy (non-hydrogen) atoms. The van der Waals surface area contributed by atoms with Crippen molar-refractivity contribution >= 4 is 17.1 Å². The zero-order chi connectivity index (χ0) is 16.4. The Hall–Kier alpha value is -2.08. The fraction of sp³-hybridized carbons (Fsp3) is 0.529. The van der Waals surface area contributed by atoms with Crippen molar-refractivity contribution in [1.29, 1.82) is 0 Å². The lowest BCUT2D eigenvalue weighted by atomic mass is 9.95. The Morgan fingerprint density at radius 3 is 2.83 bits per heavy atom. The van der Waals surface area contributed by atoms with E-state index in [0.717, 1.165) is 24.3 Å². The monoisotopic (exact) mass is 316 g/mol. The Morgan fingerprint density at radius 2 is 2.13 bits per heavy atom. The topological polar surface area (TPSA) is 69.9 Å². The van der Waals surface area contributed by atoms with Crippen LogP contribution in [0.4, 0.5) is 5.69 Å². The number of amides is 1. The number of carbonyl (C=O) groups is 1. The maximum Gasteiger partial charge on any atom is 0.255 e. The van der Waals surface area contributed by atoms with Gasteiger partial charge in [-0.05, 0) is 25.0 Å². The molecule has 6 heteroatoms. The van der Waals surface area contributed by atoms with Gasteiger partial charge in [0.05, 0.1) is 17.3 Å². The second-order valence-corrected chi connectivity index (χ2v) is 6.97. The molecule has 1 amide bonds. The smallest absolute Gasteiger partial charge is 0.255 e. The van der Waals surface area contributed by atoms with Crippen molar-refractivity contribution < 1.29 is 9.90 Å². The Balaban J connectivity index is 1.82. The van der Waals surface area contributed by atoms with E-state index in [2.05, 4.69) is 15.3 Å². The predicted octanol–water partition coefficient (Wildman–Crippen LogP) is 1.68. The third kappa shape index (κ3) is 3.32. The van der Waals surface area contributed by atoms with E-state index in [0.29, 0.717) is 12.1 Å². The molecule has 0 saturated carbocycles. The molecule has 3 heterocycles.